The zero-order valence-corrected chi connectivity index (χ0v) is 9.85. The van der Waals surface area contributed by atoms with Gasteiger partial charge in [-0.3, -0.25) is 20.2 Å². The monoisotopic (exact) mass is 291 g/mol. The third-order valence-electron chi connectivity index (χ3n) is 2.12. The third kappa shape index (κ3) is 3.48. The molecule has 10 nitrogen and oxygen atoms in total. The van der Waals surface area contributed by atoms with Crippen molar-refractivity contribution in [2.75, 3.05) is 5.88 Å². The van der Waals surface area contributed by atoms with Gasteiger partial charge in [-0.2, -0.15) is 0 Å². The minimum atomic E-state index is -1.24. The Morgan fingerprint density at radius 3 is 2.11 bits per heavy atom. The zero-order valence-electron chi connectivity index (χ0n) is 9.09. The molecule has 1 aromatic carbocycles. The predicted molar refractivity (Wildman–Crippen MR) is 61.3 cm³/mol. The van der Waals surface area contributed by atoms with E-state index in [9.17, 15) is 30.3 Å². The maximum atomic E-state index is 10.7. The van der Waals surface area contributed by atoms with Gasteiger partial charge in [-0.05, 0) is 11.6 Å². The van der Waals surface area contributed by atoms with Gasteiger partial charge < -0.3 is 4.84 Å². The molecule has 0 saturated carbocycles. The minimum Gasteiger partial charge on any atom is -0.305 e. The summed E-state index contributed by atoms with van der Waals surface area (Å²) in [6.07, 6.45) is -1.24. The second-order valence-electron chi connectivity index (χ2n) is 3.23. The maximum Gasteiger partial charge on any atom is 0.346 e. The molecule has 1 atom stereocenters. The molecule has 19 heavy (non-hydrogen) atoms. The fourth-order valence-corrected chi connectivity index (χ4v) is 1.56. The van der Waals surface area contributed by atoms with Gasteiger partial charge in [0, 0.05) is 12.1 Å². The number of nitrogens with zero attached hydrogens (tertiary/aromatic N) is 3. The fourth-order valence-electron chi connectivity index (χ4n) is 1.32. The van der Waals surface area contributed by atoms with Gasteiger partial charge in [-0.15, -0.1) is 21.7 Å². The maximum absolute atomic E-state index is 10.7. The van der Waals surface area contributed by atoms with E-state index in [0.717, 1.165) is 18.2 Å². The Hall–Kier alpha value is -2.49. The highest BCUT2D eigenvalue weighted by molar-refractivity contribution is 6.18. The van der Waals surface area contributed by atoms with Crippen LogP contribution in [0.5, 0.6) is 0 Å². The van der Waals surface area contributed by atoms with Crippen molar-refractivity contribution in [2.24, 2.45) is 0 Å². The van der Waals surface area contributed by atoms with Crippen LogP contribution in [-0.4, -0.2) is 20.8 Å². The lowest BCUT2D eigenvalue weighted by Gasteiger charge is -2.11. The molecule has 0 aliphatic heterocycles. The molecule has 0 aliphatic carbocycles. The molecule has 0 radical (unpaired) electrons. The first kappa shape index (κ1) is 14.6. The van der Waals surface area contributed by atoms with Gasteiger partial charge >= 0.3 is 11.4 Å². The average molecular weight is 292 g/mol. The smallest absolute Gasteiger partial charge is 0.305 e. The number of halogens is 1. The number of alkyl halides is 1. The Kier molecular flexibility index (Phi) is 4.53. The van der Waals surface area contributed by atoms with Crippen LogP contribution in [-0.2, 0) is 4.84 Å². The van der Waals surface area contributed by atoms with E-state index in [1.54, 1.807) is 0 Å². The molecule has 0 aliphatic rings. The Labute approximate surface area is 109 Å². The number of hydrogen-bond donors (Lipinski definition) is 0. The number of nitro groups is 2. The molecule has 0 aromatic heterocycles. The van der Waals surface area contributed by atoms with Crippen molar-refractivity contribution < 1.29 is 19.8 Å². The van der Waals surface area contributed by atoms with Crippen LogP contribution in [0.3, 0.4) is 0 Å². The molecule has 0 amide bonds. The molecule has 0 fully saturated rings. The largest absolute Gasteiger partial charge is 0.346 e. The first-order valence-corrected chi connectivity index (χ1v) is 5.20. The molecule has 1 unspecified atom stereocenters. The van der Waals surface area contributed by atoms with Crippen molar-refractivity contribution >= 4 is 23.0 Å². The fraction of sp³-hybridized carbons (Fsp3) is 0.250. The van der Waals surface area contributed by atoms with Crippen LogP contribution in [0, 0.1) is 30.3 Å². The zero-order chi connectivity index (χ0) is 14.6. The van der Waals surface area contributed by atoms with E-state index in [4.69, 9.17) is 11.6 Å². The van der Waals surface area contributed by atoms with Crippen molar-refractivity contribution in [3.05, 3.63) is 54.1 Å². The van der Waals surface area contributed by atoms with E-state index in [1.807, 2.05) is 0 Å². The number of rotatable bonds is 6. The lowest BCUT2D eigenvalue weighted by Crippen LogP contribution is -2.11. The van der Waals surface area contributed by atoms with Gasteiger partial charge in [0.1, 0.15) is 6.10 Å². The lowest BCUT2D eigenvalue weighted by molar-refractivity contribution is -0.769. The summed E-state index contributed by atoms with van der Waals surface area (Å²) >= 11 is 5.45. The van der Waals surface area contributed by atoms with Gasteiger partial charge in [0.05, 0.1) is 15.7 Å². The van der Waals surface area contributed by atoms with E-state index in [0.29, 0.717) is 0 Å². The standard InChI is InChI=1S/C8H6ClN3O7/c9-4-8(19-12(17)18)5-1-2-6(10(13)14)7(3-5)11(15)16/h1-3,8H,4H2. The third-order valence-corrected chi connectivity index (χ3v) is 2.40. The van der Waals surface area contributed by atoms with Crippen LogP contribution in [0.4, 0.5) is 11.4 Å². The lowest BCUT2D eigenvalue weighted by atomic mass is 10.1. The van der Waals surface area contributed by atoms with Crippen molar-refractivity contribution in [3.8, 4) is 0 Å². The van der Waals surface area contributed by atoms with Gasteiger partial charge in [-0.1, -0.05) is 0 Å². The SMILES string of the molecule is O=[N+]([O-])OC(CCl)c1ccc([N+](=O)[O-])c([N+](=O)[O-])c1. The van der Waals surface area contributed by atoms with Crippen LogP contribution in [0.15, 0.2) is 18.2 Å². The summed E-state index contributed by atoms with van der Waals surface area (Å²) in [7, 11) is 0. The van der Waals surface area contributed by atoms with E-state index >= 15 is 0 Å². The van der Waals surface area contributed by atoms with Gasteiger partial charge in [0.25, 0.3) is 5.09 Å². The molecule has 0 N–H and O–H groups in total. The molecular formula is C8H6ClN3O7. The average Bonchev–Trinajstić information content (AvgIpc) is 2.34. The predicted octanol–water partition coefficient (Wildman–Crippen LogP) is 1.99. The van der Waals surface area contributed by atoms with Gasteiger partial charge in [0.2, 0.25) is 0 Å². The minimum absolute atomic E-state index is 0.00370. The molecule has 1 rings (SSSR count). The highest BCUT2D eigenvalue weighted by Gasteiger charge is 2.27. The molecule has 0 heterocycles. The molecular weight excluding hydrogens is 286 g/mol. The van der Waals surface area contributed by atoms with Crippen LogP contribution >= 0.6 is 11.6 Å². The molecule has 11 heteroatoms. The van der Waals surface area contributed by atoms with E-state index < -0.39 is 32.4 Å². The van der Waals surface area contributed by atoms with Crippen molar-refractivity contribution in [1.82, 2.24) is 0 Å². The van der Waals surface area contributed by atoms with Crippen LogP contribution in [0.25, 0.3) is 0 Å². The number of benzene rings is 1. The molecule has 102 valence electrons. The molecule has 0 spiro atoms. The summed E-state index contributed by atoms with van der Waals surface area (Å²) in [5.74, 6) is -0.337. The van der Waals surface area contributed by atoms with Crippen molar-refractivity contribution in [2.45, 2.75) is 6.10 Å². The summed E-state index contributed by atoms with van der Waals surface area (Å²) in [4.78, 5) is 33.8. The Bertz CT molecular complexity index is 535. The van der Waals surface area contributed by atoms with Crippen LogP contribution in [0.2, 0.25) is 0 Å². The molecule has 0 saturated heterocycles. The number of nitro benzene ring substituents is 2. The summed E-state index contributed by atoms with van der Waals surface area (Å²) in [5.41, 5.74) is -1.50. The highest BCUT2D eigenvalue weighted by atomic mass is 35.5. The van der Waals surface area contributed by atoms with Crippen molar-refractivity contribution in [3.63, 3.8) is 0 Å². The van der Waals surface area contributed by atoms with Gasteiger partial charge in [0.15, 0.2) is 0 Å². The highest BCUT2D eigenvalue weighted by Crippen LogP contribution is 2.31. The second kappa shape index (κ2) is 5.91. The first-order valence-electron chi connectivity index (χ1n) is 4.66. The molecule has 0 bridgehead atoms. The Balaban J connectivity index is 3.24. The van der Waals surface area contributed by atoms with E-state index in [-0.39, 0.29) is 11.4 Å². The van der Waals surface area contributed by atoms with Crippen LogP contribution in [0.1, 0.15) is 11.7 Å². The Morgan fingerprint density at radius 2 is 1.68 bits per heavy atom. The normalized spacial score (nSPS) is 11.6. The van der Waals surface area contributed by atoms with Crippen LogP contribution < -0.4 is 0 Å². The van der Waals surface area contributed by atoms with E-state index in [2.05, 4.69) is 4.84 Å². The topological polar surface area (TPSA) is 139 Å². The quantitative estimate of drug-likeness (QED) is 0.443. The first-order chi connectivity index (χ1) is 8.86. The summed E-state index contributed by atoms with van der Waals surface area (Å²) in [5, 5.41) is 30.4. The second-order valence-corrected chi connectivity index (χ2v) is 3.54. The van der Waals surface area contributed by atoms with Gasteiger partial charge in [-0.25, -0.2) is 0 Å². The van der Waals surface area contributed by atoms with E-state index in [1.165, 1.54) is 0 Å². The number of hydrogen-bond acceptors (Lipinski definition) is 7. The molecule has 1 aromatic rings. The Morgan fingerprint density at radius 1 is 1.11 bits per heavy atom. The van der Waals surface area contributed by atoms with Crippen molar-refractivity contribution in [1.29, 1.82) is 0 Å². The summed E-state index contributed by atoms with van der Waals surface area (Å²) < 4.78 is 0. The summed E-state index contributed by atoms with van der Waals surface area (Å²) in [6.45, 7) is 0. The summed E-state index contributed by atoms with van der Waals surface area (Å²) in [6, 6.07) is 2.81.